The van der Waals surface area contributed by atoms with Crippen LogP contribution in [0.4, 0.5) is 0 Å². The molecule has 0 aromatic carbocycles. The van der Waals surface area contributed by atoms with Crippen LogP contribution >= 0.6 is 7.82 Å². The monoisotopic (exact) mass is 890 g/mol. The van der Waals surface area contributed by atoms with Gasteiger partial charge in [0.25, 0.3) is 7.82 Å². The highest BCUT2D eigenvalue weighted by Gasteiger charge is 2.22. The number of esters is 2. The number of rotatable bonds is 38. The van der Waals surface area contributed by atoms with E-state index in [4.69, 9.17) is 22.9 Å². The van der Waals surface area contributed by atoms with Gasteiger partial charge in [0.1, 0.15) is 31.3 Å². The van der Waals surface area contributed by atoms with Crippen LogP contribution < -0.4 is 4.89 Å². The maximum atomic E-state index is 12.8. The molecule has 62 heavy (non-hydrogen) atoms. The summed E-state index contributed by atoms with van der Waals surface area (Å²) in [4.78, 5) is 37.7. The first-order valence-corrected chi connectivity index (χ1v) is 24.9. The summed E-state index contributed by atoms with van der Waals surface area (Å²) < 4.78 is 40.1. The highest BCUT2D eigenvalue weighted by molar-refractivity contribution is 7.45. The number of quaternary nitrogens is 1. The van der Waals surface area contributed by atoms with Gasteiger partial charge in [-0.15, -0.1) is 0 Å². The van der Waals surface area contributed by atoms with Gasteiger partial charge in [-0.2, -0.15) is 0 Å². The molecule has 0 aliphatic rings. The molecule has 0 saturated carbocycles. The van der Waals surface area contributed by atoms with Crippen LogP contribution in [0.3, 0.4) is 0 Å². The second kappa shape index (κ2) is 35.3. The van der Waals surface area contributed by atoms with E-state index in [2.05, 4.69) is 39.0 Å². The largest absolute Gasteiger partial charge is 0.756 e. The van der Waals surface area contributed by atoms with Crippen molar-refractivity contribution in [1.82, 2.24) is 0 Å². The van der Waals surface area contributed by atoms with Crippen LogP contribution in [0.1, 0.15) is 158 Å². The molecule has 1 heterocycles. The number of nitrogens with zero attached hydrogens (tertiary/aromatic N) is 1. The predicted molar refractivity (Wildman–Crippen MR) is 250 cm³/mol. The fourth-order valence-electron chi connectivity index (χ4n) is 6.36. The SMILES string of the molecule is CC/C=C\C(O)C/C=C/C=C\C/C=C\C/C=C\CCCC(=O)OC[C@H](COP(=O)([O-])OCC[N+](C)(C)C)OC(=O)CCCCCCCCCCc1oc(CCCCC)c(C)c1C. The molecule has 3 atom stereocenters. The van der Waals surface area contributed by atoms with Gasteiger partial charge in [0, 0.05) is 25.7 Å². The number of allylic oxidation sites excluding steroid dienone is 8. The standard InChI is InChI=1S/C50H84NO10P/c1-8-10-28-35-47-43(3)44(4)48(61-47)36-30-25-21-18-19-23-27-32-38-50(54)60-46(42-59-62(55,56)58-40-39-51(5,6)7)41-57-49(53)37-31-26-22-17-15-13-12-14-16-20-24-29-34-45(52)33-11-9-2/h11-13,16-17,20,22,24,29,33,45-46,52H,8-10,14-15,18-19,21,23,25-28,30-32,34-42H2,1-7H3/b13-12-,20-16-,22-17-,29-24+,33-11-/t45?,46-/m1/s1. The minimum atomic E-state index is -4.67. The van der Waals surface area contributed by atoms with Crippen molar-refractivity contribution in [2.75, 3.05) is 47.5 Å². The summed E-state index contributed by atoms with van der Waals surface area (Å²) in [5.41, 5.74) is 2.64. The summed E-state index contributed by atoms with van der Waals surface area (Å²) in [6, 6.07) is 0. The van der Waals surface area contributed by atoms with E-state index in [-0.39, 0.29) is 26.1 Å². The molecule has 354 valence electrons. The van der Waals surface area contributed by atoms with Gasteiger partial charge in [-0.25, -0.2) is 0 Å². The lowest BCUT2D eigenvalue weighted by Gasteiger charge is -2.28. The van der Waals surface area contributed by atoms with Crippen molar-refractivity contribution < 1.29 is 51.6 Å². The smallest absolute Gasteiger partial charge is 0.306 e. The molecule has 0 bridgehead atoms. The lowest BCUT2D eigenvalue weighted by atomic mass is 10.0. The molecule has 1 aromatic rings. The molecule has 0 amide bonds. The molecule has 1 rings (SSSR count). The Labute approximate surface area is 375 Å². The molecular weight excluding hydrogens is 806 g/mol. The van der Waals surface area contributed by atoms with E-state index >= 15 is 0 Å². The van der Waals surface area contributed by atoms with E-state index in [0.717, 1.165) is 75.7 Å². The Kier molecular flexibility index (Phi) is 32.5. The topological polar surface area (TPSA) is 145 Å². The average molecular weight is 890 g/mol. The van der Waals surface area contributed by atoms with Gasteiger partial charge in [0.2, 0.25) is 0 Å². The van der Waals surface area contributed by atoms with Gasteiger partial charge in [0.05, 0.1) is 33.9 Å². The number of unbranched alkanes of at least 4 members (excludes halogenated alkanes) is 10. The van der Waals surface area contributed by atoms with Crippen LogP contribution in [-0.2, 0) is 45.5 Å². The molecule has 11 nitrogen and oxygen atoms in total. The summed E-state index contributed by atoms with van der Waals surface area (Å²) in [6.45, 7) is 8.19. The number of furan rings is 1. The van der Waals surface area contributed by atoms with E-state index in [1.165, 1.54) is 43.2 Å². The number of carbonyl (C=O) groups excluding carboxylic acids is 2. The molecule has 1 N–H and O–H groups in total. The van der Waals surface area contributed by atoms with Gasteiger partial charge in [-0.1, -0.05) is 126 Å². The number of hydrogen-bond acceptors (Lipinski definition) is 10. The Morgan fingerprint density at radius 1 is 0.726 bits per heavy atom. The first kappa shape index (κ1) is 57.0. The van der Waals surface area contributed by atoms with Crippen LogP contribution in [0.15, 0.2) is 65.2 Å². The number of phosphoric ester groups is 1. The zero-order chi connectivity index (χ0) is 45.9. The fraction of sp³-hybridized carbons (Fsp3) is 0.680. The minimum absolute atomic E-state index is 0.0567. The van der Waals surface area contributed by atoms with Gasteiger partial charge >= 0.3 is 11.9 Å². The van der Waals surface area contributed by atoms with Gasteiger partial charge in [-0.05, 0) is 82.8 Å². The molecule has 0 fully saturated rings. The molecule has 0 aliphatic carbocycles. The number of carbonyl (C=O) groups is 2. The first-order chi connectivity index (χ1) is 29.7. The van der Waals surface area contributed by atoms with E-state index in [9.17, 15) is 24.2 Å². The van der Waals surface area contributed by atoms with Crippen molar-refractivity contribution in [2.45, 2.75) is 175 Å². The predicted octanol–water partition coefficient (Wildman–Crippen LogP) is 11.2. The molecule has 2 unspecified atom stereocenters. The Morgan fingerprint density at radius 3 is 1.95 bits per heavy atom. The normalized spacial score (nSPS) is 14.5. The second-order valence-electron chi connectivity index (χ2n) is 17.2. The van der Waals surface area contributed by atoms with Crippen molar-refractivity contribution in [3.8, 4) is 0 Å². The summed E-state index contributed by atoms with van der Waals surface area (Å²) >= 11 is 0. The van der Waals surface area contributed by atoms with Crippen LogP contribution in [0.25, 0.3) is 0 Å². The number of ether oxygens (including phenoxy) is 2. The van der Waals surface area contributed by atoms with Crippen LogP contribution in [-0.4, -0.2) is 81.2 Å². The lowest BCUT2D eigenvalue weighted by molar-refractivity contribution is -0.870. The lowest BCUT2D eigenvalue weighted by Crippen LogP contribution is -2.37. The van der Waals surface area contributed by atoms with E-state index in [0.29, 0.717) is 36.7 Å². The van der Waals surface area contributed by atoms with Gasteiger partial charge in [0.15, 0.2) is 6.10 Å². The maximum absolute atomic E-state index is 12.8. The summed E-state index contributed by atoms with van der Waals surface area (Å²) in [7, 11) is 1.08. The van der Waals surface area contributed by atoms with E-state index in [1.54, 1.807) is 0 Å². The number of phosphoric acid groups is 1. The zero-order valence-corrected chi connectivity index (χ0v) is 40.5. The van der Waals surface area contributed by atoms with E-state index < -0.39 is 38.6 Å². The minimum Gasteiger partial charge on any atom is -0.756 e. The van der Waals surface area contributed by atoms with Crippen LogP contribution in [0.5, 0.6) is 0 Å². The molecule has 0 radical (unpaired) electrons. The highest BCUT2D eigenvalue weighted by Crippen LogP contribution is 2.38. The number of likely N-dealkylation sites (N-methyl/N-ethyl adjacent to an activating group) is 1. The van der Waals surface area contributed by atoms with Gasteiger partial charge in [-0.3, -0.25) is 14.2 Å². The number of aliphatic hydroxyl groups is 1. The second-order valence-corrected chi connectivity index (χ2v) is 18.6. The Hall–Kier alpha value is -3.05. The van der Waals surface area contributed by atoms with Crippen LogP contribution in [0.2, 0.25) is 0 Å². The van der Waals surface area contributed by atoms with Crippen molar-refractivity contribution >= 4 is 19.8 Å². The summed E-state index contributed by atoms with van der Waals surface area (Å²) in [5, 5.41) is 9.78. The third-order valence-corrected chi connectivity index (χ3v) is 11.3. The Balaban J connectivity index is 2.40. The number of aryl methyl sites for hydroxylation is 2. The molecule has 0 spiro atoms. The molecule has 1 aromatic heterocycles. The molecule has 12 heteroatoms. The van der Waals surface area contributed by atoms with E-state index in [1.807, 2.05) is 70.6 Å². The molecular formula is C50H84NO10P. The first-order valence-electron chi connectivity index (χ1n) is 23.5. The summed E-state index contributed by atoms with van der Waals surface area (Å²) in [5.74, 6) is 1.36. The van der Waals surface area contributed by atoms with Crippen molar-refractivity contribution in [3.05, 3.63) is 83.4 Å². The maximum Gasteiger partial charge on any atom is 0.306 e. The molecule has 0 saturated heterocycles. The van der Waals surface area contributed by atoms with Crippen molar-refractivity contribution in [1.29, 1.82) is 0 Å². The van der Waals surface area contributed by atoms with Gasteiger partial charge < -0.3 is 37.4 Å². The Bertz CT molecular complexity index is 1540. The quantitative estimate of drug-likeness (QED) is 0.0170. The van der Waals surface area contributed by atoms with Crippen molar-refractivity contribution in [3.63, 3.8) is 0 Å². The Morgan fingerprint density at radius 2 is 1.31 bits per heavy atom. The highest BCUT2D eigenvalue weighted by atomic mass is 31.2. The fourth-order valence-corrected chi connectivity index (χ4v) is 7.09. The summed E-state index contributed by atoms with van der Waals surface area (Å²) in [6.07, 6.45) is 37.1. The number of aliphatic hydroxyl groups excluding tert-OH is 1. The average Bonchev–Trinajstić information content (AvgIpc) is 3.49. The zero-order valence-electron chi connectivity index (χ0n) is 39.6. The van der Waals surface area contributed by atoms with Crippen LogP contribution in [0, 0.1) is 13.8 Å². The third kappa shape index (κ3) is 31.7. The molecule has 0 aliphatic heterocycles. The third-order valence-electron chi connectivity index (χ3n) is 10.3. The van der Waals surface area contributed by atoms with Crippen molar-refractivity contribution in [2.24, 2.45) is 0 Å². The number of hydrogen-bond donors (Lipinski definition) is 1.